The third-order valence-corrected chi connectivity index (χ3v) is 5.46. The Kier molecular flexibility index (Phi) is 6.05. The topological polar surface area (TPSA) is 95.7 Å². The average Bonchev–Trinajstić information content (AvgIpc) is 3.41. The number of aliphatic carboxylic acids is 1. The van der Waals surface area contributed by atoms with Gasteiger partial charge in [-0.25, -0.2) is 0 Å². The smallest absolute Gasteiger partial charge is 0.308 e. The zero-order valence-electron chi connectivity index (χ0n) is 16.9. The van der Waals surface area contributed by atoms with Crippen molar-refractivity contribution in [2.75, 3.05) is 26.7 Å². The Morgan fingerprint density at radius 1 is 1.29 bits per heavy atom. The number of rotatable bonds is 7. The first-order valence-electron chi connectivity index (χ1n) is 10.1. The molecule has 1 aliphatic carbocycles. The van der Waals surface area contributed by atoms with Crippen LogP contribution in [0.25, 0.3) is 0 Å². The van der Waals surface area contributed by atoms with Gasteiger partial charge in [0.2, 0.25) is 5.91 Å². The minimum Gasteiger partial charge on any atom is -0.481 e. The van der Waals surface area contributed by atoms with Crippen molar-refractivity contribution in [2.24, 2.45) is 11.8 Å². The minimum atomic E-state index is -0.867. The second kappa shape index (κ2) is 8.32. The number of carboxylic acid groups (broad SMARTS) is 1. The molecule has 0 spiro atoms. The van der Waals surface area contributed by atoms with Gasteiger partial charge >= 0.3 is 5.97 Å². The van der Waals surface area contributed by atoms with Crippen LogP contribution in [0.4, 0.5) is 0 Å². The molecule has 2 aliphatic rings. The Hall–Kier alpha value is -2.38. The van der Waals surface area contributed by atoms with Crippen LogP contribution in [0, 0.1) is 11.8 Å². The van der Waals surface area contributed by atoms with E-state index in [4.69, 9.17) is 0 Å². The second-order valence-corrected chi connectivity index (χ2v) is 8.47. The number of likely N-dealkylation sites (tertiary alicyclic amines) is 1. The van der Waals surface area contributed by atoms with Gasteiger partial charge in [0.15, 0.2) is 0 Å². The van der Waals surface area contributed by atoms with Crippen molar-refractivity contribution < 1.29 is 19.5 Å². The molecule has 2 heterocycles. The zero-order chi connectivity index (χ0) is 20.4. The Morgan fingerprint density at radius 2 is 2.00 bits per heavy atom. The standard InChI is InChI=1S/C20H30N4O4/c1-13(2)10-24-18(14-6-7-14)16(9-21-24)19(26)22(3)12-17(25)23-8-4-5-15(11-23)20(27)28/h9,13-15H,4-8,10-12H2,1-3H3,(H,27,28). The Bertz CT molecular complexity index is 753. The largest absolute Gasteiger partial charge is 0.481 e. The molecule has 1 atom stereocenters. The van der Waals surface area contributed by atoms with Crippen LogP contribution >= 0.6 is 0 Å². The van der Waals surface area contributed by atoms with Gasteiger partial charge in [0.1, 0.15) is 0 Å². The number of carbonyl (C=O) groups is 3. The maximum atomic E-state index is 13.0. The lowest BCUT2D eigenvalue weighted by Crippen LogP contribution is -2.47. The van der Waals surface area contributed by atoms with Crippen molar-refractivity contribution >= 4 is 17.8 Å². The van der Waals surface area contributed by atoms with E-state index in [-0.39, 0.29) is 24.9 Å². The fourth-order valence-corrected chi connectivity index (χ4v) is 3.82. The van der Waals surface area contributed by atoms with Gasteiger partial charge in [0.25, 0.3) is 5.91 Å². The summed E-state index contributed by atoms with van der Waals surface area (Å²) in [5, 5.41) is 13.6. The van der Waals surface area contributed by atoms with Crippen LogP contribution in [0.3, 0.4) is 0 Å². The van der Waals surface area contributed by atoms with Crippen LogP contribution in [0.2, 0.25) is 0 Å². The van der Waals surface area contributed by atoms with Gasteiger partial charge in [-0.05, 0) is 31.6 Å². The predicted molar refractivity (Wildman–Crippen MR) is 103 cm³/mol. The van der Waals surface area contributed by atoms with Crippen molar-refractivity contribution in [1.82, 2.24) is 19.6 Å². The summed E-state index contributed by atoms with van der Waals surface area (Å²) < 4.78 is 1.94. The fourth-order valence-electron chi connectivity index (χ4n) is 3.82. The summed E-state index contributed by atoms with van der Waals surface area (Å²) in [6.45, 7) is 5.72. The zero-order valence-corrected chi connectivity index (χ0v) is 16.9. The summed E-state index contributed by atoms with van der Waals surface area (Å²) in [7, 11) is 1.62. The summed E-state index contributed by atoms with van der Waals surface area (Å²) in [6, 6.07) is 0. The molecule has 0 bridgehead atoms. The van der Waals surface area contributed by atoms with Gasteiger partial charge < -0.3 is 14.9 Å². The third-order valence-electron chi connectivity index (χ3n) is 5.46. The molecular weight excluding hydrogens is 360 g/mol. The first kappa shape index (κ1) is 20.4. The highest BCUT2D eigenvalue weighted by atomic mass is 16.4. The van der Waals surface area contributed by atoms with Crippen LogP contribution in [-0.4, -0.2) is 69.2 Å². The van der Waals surface area contributed by atoms with Gasteiger partial charge in [0.05, 0.1) is 29.9 Å². The Morgan fingerprint density at radius 3 is 2.61 bits per heavy atom. The molecule has 1 N–H and O–H groups in total. The molecule has 0 radical (unpaired) electrons. The van der Waals surface area contributed by atoms with E-state index in [9.17, 15) is 19.5 Å². The molecule has 1 saturated heterocycles. The van der Waals surface area contributed by atoms with E-state index < -0.39 is 11.9 Å². The summed E-state index contributed by atoms with van der Waals surface area (Å²) in [6.07, 6.45) is 5.02. The number of amides is 2. The lowest BCUT2D eigenvalue weighted by atomic mass is 9.98. The van der Waals surface area contributed by atoms with E-state index in [2.05, 4.69) is 18.9 Å². The van der Waals surface area contributed by atoms with Crippen molar-refractivity contribution in [3.63, 3.8) is 0 Å². The summed E-state index contributed by atoms with van der Waals surface area (Å²) in [5.41, 5.74) is 1.57. The first-order valence-corrected chi connectivity index (χ1v) is 10.1. The number of piperidine rings is 1. The number of carboxylic acids is 1. The van der Waals surface area contributed by atoms with Gasteiger partial charge in [-0.15, -0.1) is 0 Å². The second-order valence-electron chi connectivity index (χ2n) is 8.47. The molecule has 8 nitrogen and oxygen atoms in total. The van der Waals surface area contributed by atoms with E-state index in [1.165, 1.54) is 4.90 Å². The Labute approximate surface area is 165 Å². The maximum absolute atomic E-state index is 13.0. The molecule has 1 aromatic rings. The summed E-state index contributed by atoms with van der Waals surface area (Å²) in [4.78, 5) is 39.8. The number of carbonyl (C=O) groups excluding carboxylic acids is 2. The third kappa shape index (κ3) is 4.54. The molecule has 154 valence electrons. The molecule has 0 aromatic carbocycles. The molecule has 3 rings (SSSR count). The lowest BCUT2D eigenvalue weighted by molar-refractivity contribution is -0.145. The highest BCUT2D eigenvalue weighted by Gasteiger charge is 2.34. The molecule has 8 heteroatoms. The average molecular weight is 390 g/mol. The van der Waals surface area contributed by atoms with Gasteiger partial charge in [0, 0.05) is 32.6 Å². The SMILES string of the molecule is CC(C)Cn1ncc(C(=O)N(C)CC(=O)N2CCCC(C(=O)O)C2)c1C1CC1. The number of nitrogens with zero attached hydrogens (tertiary/aromatic N) is 4. The lowest BCUT2D eigenvalue weighted by Gasteiger charge is -2.32. The number of aromatic nitrogens is 2. The molecule has 1 aromatic heterocycles. The normalized spacial score (nSPS) is 19.7. The van der Waals surface area contributed by atoms with Crippen LogP contribution in [0.1, 0.15) is 61.5 Å². The highest BCUT2D eigenvalue weighted by molar-refractivity contribution is 5.97. The van der Waals surface area contributed by atoms with Crippen molar-refractivity contribution in [2.45, 2.75) is 52.0 Å². The maximum Gasteiger partial charge on any atom is 0.308 e. The van der Waals surface area contributed by atoms with Crippen LogP contribution < -0.4 is 0 Å². The molecular formula is C20H30N4O4. The Balaban J connectivity index is 1.67. The first-order chi connectivity index (χ1) is 13.3. The van der Waals surface area contributed by atoms with Gasteiger partial charge in [-0.1, -0.05) is 13.8 Å². The van der Waals surface area contributed by atoms with Gasteiger partial charge in [-0.3, -0.25) is 19.1 Å². The highest BCUT2D eigenvalue weighted by Crippen LogP contribution is 2.42. The number of hydrogen-bond acceptors (Lipinski definition) is 4. The van der Waals surface area contributed by atoms with Crippen LogP contribution in [-0.2, 0) is 16.1 Å². The predicted octanol–water partition coefficient (Wildman–Crippen LogP) is 1.81. The van der Waals surface area contributed by atoms with E-state index in [0.717, 1.165) is 25.1 Å². The van der Waals surface area contributed by atoms with E-state index >= 15 is 0 Å². The summed E-state index contributed by atoms with van der Waals surface area (Å²) >= 11 is 0. The number of likely N-dealkylation sites (N-methyl/N-ethyl adjacent to an activating group) is 1. The number of hydrogen-bond donors (Lipinski definition) is 1. The van der Waals surface area contributed by atoms with Crippen LogP contribution in [0.5, 0.6) is 0 Å². The fraction of sp³-hybridized carbons (Fsp3) is 0.700. The van der Waals surface area contributed by atoms with E-state index in [0.29, 0.717) is 36.8 Å². The van der Waals surface area contributed by atoms with Crippen LogP contribution in [0.15, 0.2) is 6.20 Å². The summed E-state index contributed by atoms with van der Waals surface area (Å²) in [5.74, 6) is -0.979. The molecule has 2 fully saturated rings. The van der Waals surface area contributed by atoms with E-state index in [1.807, 2.05) is 4.68 Å². The molecule has 28 heavy (non-hydrogen) atoms. The monoisotopic (exact) mass is 390 g/mol. The molecule has 2 amide bonds. The van der Waals surface area contributed by atoms with Gasteiger partial charge in [-0.2, -0.15) is 5.10 Å². The molecule has 1 saturated carbocycles. The van der Waals surface area contributed by atoms with Crippen molar-refractivity contribution in [1.29, 1.82) is 0 Å². The quantitative estimate of drug-likeness (QED) is 0.766. The van der Waals surface area contributed by atoms with Crippen molar-refractivity contribution in [3.8, 4) is 0 Å². The molecule has 1 unspecified atom stereocenters. The molecule has 1 aliphatic heterocycles. The van der Waals surface area contributed by atoms with Crippen molar-refractivity contribution in [3.05, 3.63) is 17.5 Å². The van der Waals surface area contributed by atoms with E-state index in [1.54, 1.807) is 18.1 Å². The minimum absolute atomic E-state index is 0.0510.